The minimum Gasteiger partial charge on any atom is -0.0620 e. The van der Waals surface area contributed by atoms with Crippen molar-refractivity contribution in [2.24, 2.45) is 0 Å². The Bertz CT molecular complexity index is 530. The maximum Gasteiger partial charge on any atom is 0.102 e. The molecule has 0 saturated carbocycles. The minimum atomic E-state index is -0.877. The van der Waals surface area contributed by atoms with Gasteiger partial charge in [0.25, 0.3) is 0 Å². The molecule has 0 bridgehead atoms. The van der Waals surface area contributed by atoms with Gasteiger partial charge >= 0.3 is 19.5 Å². The smallest absolute Gasteiger partial charge is 0.0620 e. The Balaban J connectivity index is 0.00000147. The van der Waals surface area contributed by atoms with Gasteiger partial charge in [-0.2, -0.15) is 0 Å². The quantitative estimate of drug-likeness (QED) is 0.360. The molecule has 0 unspecified atom stereocenters. The molecule has 0 heterocycles. The molecule has 2 heteroatoms. The third kappa shape index (κ3) is 4.87. The molecule has 0 aliphatic carbocycles. The van der Waals surface area contributed by atoms with E-state index < -0.39 is 7.92 Å². The Morgan fingerprint density at radius 2 is 0.636 bits per heavy atom. The van der Waals surface area contributed by atoms with Gasteiger partial charge in [0.2, 0.25) is 0 Å². The Morgan fingerprint density at radius 3 is 0.864 bits per heavy atom. The van der Waals surface area contributed by atoms with Gasteiger partial charge < -0.3 is 14.9 Å². The molecule has 0 N–H and O–H groups in total. The van der Waals surface area contributed by atoms with Crippen molar-refractivity contribution in [3.05, 3.63) is 106 Å². The summed E-state index contributed by atoms with van der Waals surface area (Å²) in [6.45, 7) is 0. The molecule has 0 atom stereocenters. The maximum atomic E-state index is 2.24. The van der Waals surface area contributed by atoms with E-state index in [9.17, 15) is 0 Å². The fourth-order valence-corrected chi connectivity index (χ4v) is 4.89. The summed E-state index contributed by atoms with van der Waals surface area (Å²) in [5.74, 6) is 0. The second-order valence-corrected chi connectivity index (χ2v) is 6.96. The third-order valence-corrected chi connectivity index (χ3v) is 5.92. The van der Waals surface area contributed by atoms with Crippen molar-refractivity contribution < 1.29 is 19.5 Å². The van der Waals surface area contributed by atoms with Crippen molar-refractivity contribution in [2.75, 3.05) is 0 Å². The van der Waals surface area contributed by atoms with E-state index in [4.69, 9.17) is 0 Å². The fourth-order valence-electron chi connectivity index (χ4n) is 2.31. The van der Waals surface area contributed by atoms with E-state index in [0.717, 1.165) is 0 Å². The molecule has 0 nitrogen and oxygen atoms in total. The van der Waals surface area contributed by atoms with Gasteiger partial charge in [0, 0.05) is 0 Å². The predicted octanol–water partition coefficient (Wildman–Crippen LogP) is 3.81. The van der Waals surface area contributed by atoms with E-state index in [1.807, 2.05) is 0 Å². The number of hydrogen-bond donors (Lipinski definition) is 0. The van der Waals surface area contributed by atoms with Gasteiger partial charge in [-0.1, -0.05) is 54.6 Å². The zero-order valence-electron chi connectivity index (χ0n) is 13.0. The first-order valence-electron chi connectivity index (χ1n) is 6.48. The molecule has 0 fully saturated rings. The van der Waals surface area contributed by atoms with E-state index in [-0.39, 0.29) is 34.3 Å². The van der Waals surface area contributed by atoms with Crippen molar-refractivity contribution >= 4 is 23.8 Å². The summed E-state index contributed by atoms with van der Waals surface area (Å²) < 4.78 is 0. The van der Waals surface area contributed by atoms with E-state index in [1.54, 1.807) is 0 Å². The molecule has 3 aromatic carbocycles. The van der Waals surface area contributed by atoms with E-state index in [2.05, 4.69) is 91.0 Å². The molecular weight excluding hydrogens is 372 g/mol. The summed E-state index contributed by atoms with van der Waals surface area (Å²) in [6, 6.07) is 32.5. The second kappa shape index (κ2) is 10.4. The second-order valence-electron chi connectivity index (χ2n) is 4.47. The number of hydrogen-bond acceptors (Lipinski definition) is 0. The third-order valence-electron chi connectivity index (χ3n) is 3.19. The van der Waals surface area contributed by atoms with E-state index in [1.165, 1.54) is 15.9 Å². The molecule has 0 aliphatic rings. The first-order chi connectivity index (χ1) is 9.45. The summed E-state index contributed by atoms with van der Waals surface area (Å²) >= 11 is 0. The van der Waals surface area contributed by atoms with Gasteiger partial charge in [-0.05, 0) is 36.4 Å². The molecule has 0 amide bonds. The van der Waals surface area contributed by atoms with Crippen LogP contribution in [-0.4, -0.2) is 0 Å². The van der Waals surface area contributed by atoms with Gasteiger partial charge in [-0.15, -0.1) is 0 Å². The van der Waals surface area contributed by atoms with Crippen LogP contribution in [0.25, 0.3) is 0 Å². The van der Waals surface area contributed by atoms with Crippen LogP contribution in [0.4, 0.5) is 0 Å². The van der Waals surface area contributed by atoms with Crippen LogP contribution in [0.2, 0.25) is 0 Å². The summed E-state index contributed by atoms with van der Waals surface area (Å²) in [7, 11) is -0.877. The topological polar surface area (TPSA) is 0 Å². The molecule has 114 valence electrons. The summed E-state index contributed by atoms with van der Waals surface area (Å²) in [4.78, 5) is 0. The molecule has 0 aliphatic heterocycles. The van der Waals surface area contributed by atoms with Gasteiger partial charge in [-0.25, -0.2) is 0 Å². The van der Waals surface area contributed by atoms with Gasteiger partial charge in [-0.3, -0.25) is 0 Å². The predicted molar refractivity (Wildman–Crippen MR) is 101 cm³/mol. The van der Waals surface area contributed by atoms with Gasteiger partial charge in [0.05, 0.1) is 7.92 Å². The van der Waals surface area contributed by atoms with Crippen LogP contribution in [0.3, 0.4) is 0 Å². The molecule has 22 heavy (non-hydrogen) atoms. The van der Waals surface area contributed by atoms with Crippen LogP contribution >= 0.6 is 7.92 Å². The largest absolute Gasteiger partial charge is 0.102 e. The van der Waals surface area contributed by atoms with Crippen molar-refractivity contribution in [1.29, 1.82) is 0 Å². The van der Waals surface area contributed by atoms with Crippen LogP contribution in [0.1, 0.15) is 0 Å². The van der Waals surface area contributed by atoms with Crippen LogP contribution in [0.5, 0.6) is 0 Å². The van der Waals surface area contributed by atoms with Gasteiger partial charge in [0.15, 0.2) is 0 Å². The first kappa shape index (κ1) is 20.7. The average molecular weight is 395 g/mol. The Kier molecular flexibility index (Phi) is 9.83. The molecule has 0 aromatic heterocycles. The minimum absolute atomic E-state index is 0. The van der Waals surface area contributed by atoms with E-state index >= 15 is 0 Å². The van der Waals surface area contributed by atoms with Crippen molar-refractivity contribution in [1.82, 2.24) is 0 Å². The Labute approximate surface area is 149 Å². The Hall–Kier alpha value is -1.29. The maximum absolute atomic E-state index is 2.24. The van der Waals surface area contributed by atoms with Crippen LogP contribution in [0, 0.1) is 14.9 Å². The average Bonchev–Trinajstić information content (AvgIpc) is 2.51. The summed E-state index contributed by atoms with van der Waals surface area (Å²) in [6.07, 6.45) is 0. The summed E-state index contributed by atoms with van der Waals surface area (Å²) in [5.41, 5.74) is 0. The van der Waals surface area contributed by atoms with Crippen molar-refractivity contribution in [2.45, 2.75) is 0 Å². The monoisotopic (exact) mass is 396 g/mol. The van der Waals surface area contributed by atoms with E-state index in [0.29, 0.717) is 0 Å². The zero-order chi connectivity index (χ0) is 12.9. The van der Waals surface area contributed by atoms with Crippen molar-refractivity contribution in [3.63, 3.8) is 0 Å². The molecule has 3 rings (SSSR count). The SMILES string of the molecule is [CH3-].[CH3-].[RuH+3].c1ccc([PH+](c2ccccc2)c2ccccc2)cc1. The fraction of sp³-hybridized carbons (Fsp3) is 0. The molecule has 1 radical (unpaired) electrons. The molecule has 0 saturated heterocycles. The van der Waals surface area contributed by atoms with Crippen molar-refractivity contribution in [3.8, 4) is 0 Å². The van der Waals surface area contributed by atoms with Crippen LogP contribution in [-0.2, 0) is 19.5 Å². The molecule has 0 spiro atoms. The zero-order valence-corrected chi connectivity index (χ0v) is 15.9. The van der Waals surface area contributed by atoms with Crippen LogP contribution < -0.4 is 15.9 Å². The van der Waals surface area contributed by atoms with Crippen LogP contribution in [0.15, 0.2) is 91.0 Å². The standard InChI is InChI=1S/C18H15P.2CH3.Ru.H/c1-4-10-16(11-5-1)19(17-12-6-2-7-13-17)18-14-8-3-9-15-18;;;;/h1-15H;2*1H3;;/q;2*-1;+3;/p+1. The Morgan fingerprint density at radius 1 is 0.409 bits per heavy atom. The normalized spacial score (nSPS) is 9.14. The molecule has 3 aromatic rings. The summed E-state index contributed by atoms with van der Waals surface area (Å²) in [5, 5.41) is 4.31. The number of benzene rings is 3. The first-order valence-corrected chi connectivity index (χ1v) is 7.98. The van der Waals surface area contributed by atoms with Gasteiger partial charge in [0.1, 0.15) is 15.9 Å². The number of rotatable bonds is 3. The molecular formula is C20H23PRu+2.